The zero-order valence-electron chi connectivity index (χ0n) is 32.9. The molecule has 21 atom stereocenters. The Kier molecular flexibility index (Phi) is 11.1. The number of hydrogen-bond acceptors (Lipinski definition) is 14. The molecule has 0 spiro atoms. The molecule has 14 heteroatoms. The van der Waals surface area contributed by atoms with Crippen LogP contribution in [0.5, 0.6) is 0 Å². The highest BCUT2D eigenvalue weighted by Gasteiger charge is 2.71. The van der Waals surface area contributed by atoms with Crippen molar-refractivity contribution in [1.29, 1.82) is 0 Å². The molecule has 4 aliphatic carbocycles. The van der Waals surface area contributed by atoms with E-state index in [1.165, 1.54) is 0 Å². The van der Waals surface area contributed by atoms with Crippen LogP contribution in [0.1, 0.15) is 105 Å². The van der Waals surface area contributed by atoms with Gasteiger partial charge in [-0.25, -0.2) is 4.79 Å². The fourth-order valence-electron chi connectivity index (χ4n) is 12.7. The van der Waals surface area contributed by atoms with Crippen molar-refractivity contribution in [3.8, 4) is 0 Å². The summed E-state index contributed by atoms with van der Waals surface area (Å²) in [4.78, 5) is 12.6. The largest absolute Gasteiger partial charge is 0.458 e. The second-order valence-corrected chi connectivity index (χ2v) is 18.7. The van der Waals surface area contributed by atoms with Crippen molar-refractivity contribution in [2.75, 3.05) is 6.61 Å². The molecular weight excluding hydrogens is 716 g/mol. The maximum atomic E-state index is 12.6. The lowest BCUT2D eigenvalue weighted by atomic mass is 9.42. The van der Waals surface area contributed by atoms with Gasteiger partial charge in [0.05, 0.1) is 54.4 Å². The summed E-state index contributed by atoms with van der Waals surface area (Å²) in [6.07, 6.45) is -1.52. The average molecular weight is 781 g/mol. The lowest BCUT2D eigenvalue weighted by molar-refractivity contribution is -0.336. The van der Waals surface area contributed by atoms with Crippen LogP contribution in [0, 0.1) is 34.5 Å². The Hall–Kier alpha value is -1.27. The third kappa shape index (κ3) is 6.85. The number of fused-ring (bicyclic) bond motifs is 5. The maximum absolute atomic E-state index is 12.6. The number of esters is 1. The number of carbonyl (C=O) groups is 1. The van der Waals surface area contributed by atoms with Crippen LogP contribution in [0.15, 0.2) is 11.6 Å². The molecule has 0 aromatic heterocycles. The van der Waals surface area contributed by atoms with Crippen LogP contribution in [0.3, 0.4) is 0 Å². The van der Waals surface area contributed by atoms with E-state index in [1.807, 2.05) is 19.9 Å². The number of aliphatic hydroxyl groups is 6. The molecule has 4 saturated carbocycles. The smallest absolute Gasteiger partial charge is 0.334 e. The summed E-state index contributed by atoms with van der Waals surface area (Å²) in [7, 11) is 0. The lowest BCUT2D eigenvalue weighted by Crippen LogP contribution is -2.67. The van der Waals surface area contributed by atoms with Gasteiger partial charge >= 0.3 is 5.97 Å². The molecule has 0 aromatic rings. The Morgan fingerprint density at radius 1 is 0.691 bits per heavy atom. The van der Waals surface area contributed by atoms with Crippen LogP contribution >= 0.6 is 0 Å². The number of rotatable bonds is 7. The minimum absolute atomic E-state index is 0.0478. The number of aliphatic hydroxyl groups excluding tert-OH is 5. The predicted octanol–water partition coefficient (Wildman–Crippen LogP) is 2.22. The van der Waals surface area contributed by atoms with E-state index in [-0.39, 0.29) is 61.1 Å². The first-order valence-corrected chi connectivity index (χ1v) is 21.0. The van der Waals surface area contributed by atoms with Gasteiger partial charge in [0, 0.05) is 36.2 Å². The van der Waals surface area contributed by atoms with Crippen molar-refractivity contribution in [3.63, 3.8) is 0 Å². The van der Waals surface area contributed by atoms with E-state index in [0.717, 1.165) is 32.1 Å². The van der Waals surface area contributed by atoms with E-state index < -0.39 is 90.9 Å². The molecule has 8 aliphatic rings. The molecule has 55 heavy (non-hydrogen) atoms. The van der Waals surface area contributed by atoms with Crippen LogP contribution in [0.2, 0.25) is 0 Å². The van der Waals surface area contributed by atoms with Gasteiger partial charge < -0.3 is 63.8 Å². The lowest BCUT2D eigenvalue weighted by Gasteiger charge is -2.65. The summed E-state index contributed by atoms with van der Waals surface area (Å²) in [6, 6.07) is 0. The normalized spacial score (nSPS) is 55.5. The van der Waals surface area contributed by atoms with Gasteiger partial charge in [-0.3, -0.25) is 0 Å². The number of hydrogen-bond donors (Lipinski definition) is 6. The Morgan fingerprint density at radius 3 is 1.87 bits per heavy atom. The van der Waals surface area contributed by atoms with Crippen molar-refractivity contribution in [2.24, 2.45) is 34.5 Å². The fraction of sp³-hybridized carbons (Fsp3) is 0.927. The second-order valence-electron chi connectivity index (χ2n) is 18.7. The zero-order chi connectivity index (χ0) is 39.2. The first-order chi connectivity index (χ1) is 26.0. The van der Waals surface area contributed by atoms with Crippen LogP contribution in [0.4, 0.5) is 0 Å². The van der Waals surface area contributed by atoms with Crippen LogP contribution in [-0.4, -0.2) is 135 Å². The fourth-order valence-corrected chi connectivity index (χ4v) is 12.7. The first-order valence-electron chi connectivity index (χ1n) is 21.0. The summed E-state index contributed by atoms with van der Waals surface area (Å²) in [5.74, 6) is 0.0316. The Morgan fingerprint density at radius 2 is 1.29 bits per heavy atom. The summed E-state index contributed by atoms with van der Waals surface area (Å²) in [5, 5.41) is 66.9. The molecule has 3 saturated heterocycles. The van der Waals surface area contributed by atoms with Crippen LogP contribution in [0.25, 0.3) is 0 Å². The van der Waals surface area contributed by atoms with Crippen molar-refractivity contribution < 1.29 is 68.6 Å². The summed E-state index contributed by atoms with van der Waals surface area (Å²) < 4.78 is 42.1. The molecule has 8 rings (SSSR count). The van der Waals surface area contributed by atoms with Crippen molar-refractivity contribution in [3.05, 3.63) is 11.6 Å². The van der Waals surface area contributed by atoms with Gasteiger partial charge in [0.2, 0.25) is 0 Å². The molecule has 0 bridgehead atoms. The summed E-state index contributed by atoms with van der Waals surface area (Å²) in [5.41, 5.74) is -1.31. The molecule has 4 heterocycles. The quantitative estimate of drug-likeness (QED) is 0.162. The third-order valence-electron chi connectivity index (χ3n) is 15.9. The third-order valence-corrected chi connectivity index (χ3v) is 15.9. The zero-order valence-corrected chi connectivity index (χ0v) is 32.9. The molecule has 4 aliphatic heterocycles. The van der Waals surface area contributed by atoms with E-state index in [0.29, 0.717) is 30.8 Å². The van der Waals surface area contributed by atoms with Crippen molar-refractivity contribution in [2.45, 2.75) is 197 Å². The van der Waals surface area contributed by atoms with Crippen molar-refractivity contribution >= 4 is 5.97 Å². The van der Waals surface area contributed by atoms with Gasteiger partial charge in [0.25, 0.3) is 0 Å². The number of ether oxygens (including phenoxy) is 7. The van der Waals surface area contributed by atoms with E-state index in [1.54, 1.807) is 13.8 Å². The Bertz CT molecular complexity index is 1410. The highest BCUT2D eigenvalue weighted by molar-refractivity contribution is 5.91. The molecule has 0 amide bonds. The predicted molar refractivity (Wildman–Crippen MR) is 193 cm³/mol. The Labute approximate surface area is 323 Å². The highest BCUT2D eigenvalue weighted by atomic mass is 16.7. The monoisotopic (exact) mass is 780 g/mol. The highest BCUT2D eigenvalue weighted by Crippen LogP contribution is 2.70. The van der Waals surface area contributed by atoms with Crippen LogP contribution < -0.4 is 0 Å². The SMILES string of the molecule is C[C@H]1O[C@@H](O[C@H]2[C@@H](O)C[C@H](O[C@H]3[C@@H](O)C[C@H](O[C@H]4CC[C@@]5(C)[C@H](CC[C@@H]6[C@@H]5C[C@@H](O)[C@]5(C)[C@@H](C7=CCOC7=O)CCC65O)C4)O[C@@H]3C)O[C@@H]2C)C[C@H](O)[C@@H]1O. The molecule has 6 N–H and O–H groups in total. The molecule has 7 fully saturated rings. The summed E-state index contributed by atoms with van der Waals surface area (Å²) >= 11 is 0. The Balaban J connectivity index is 0.839. The molecule has 14 nitrogen and oxygen atoms in total. The molecule has 1 unspecified atom stereocenters. The maximum Gasteiger partial charge on any atom is 0.334 e. The standard InChI is InChI=1S/C41H64O14/c1-19-35(46)28(42)16-33(50-19)54-37-21(3)52-34(18-30(37)44)55-36-20(2)51-32(17-29(36)43)53-23-8-11-39(4)22(14-23)6-7-26-27(39)15-31(45)40(5)25(9-12-41(26,40)48)24-10-13-49-38(24)47/h10,19-23,25-37,42-46,48H,6-9,11-18H2,1-5H3/t19-,20-,21-,22-,23+,25-,26-,27+,28+,29+,30+,31-,32+,33+,34+,35-,36-,37-,39+,40+,41?/m1/s1. The number of carbonyl (C=O) groups excluding carboxylic acids is 1. The van der Waals surface area contributed by atoms with Gasteiger partial charge in [0.15, 0.2) is 18.9 Å². The van der Waals surface area contributed by atoms with Crippen molar-refractivity contribution in [1.82, 2.24) is 0 Å². The second kappa shape index (κ2) is 15.1. The molecular formula is C41H64O14. The van der Waals surface area contributed by atoms with E-state index in [4.69, 9.17) is 33.2 Å². The van der Waals surface area contributed by atoms with E-state index >= 15 is 0 Å². The van der Waals surface area contributed by atoms with Gasteiger partial charge in [-0.1, -0.05) is 13.8 Å². The van der Waals surface area contributed by atoms with E-state index in [9.17, 15) is 35.4 Å². The molecule has 0 aromatic carbocycles. The van der Waals surface area contributed by atoms with Gasteiger partial charge in [0.1, 0.15) is 24.9 Å². The summed E-state index contributed by atoms with van der Waals surface area (Å²) in [6.45, 7) is 9.86. The number of cyclic esters (lactones) is 1. The van der Waals surface area contributed by atoms with Gasteiger partial charge in [-0.15, -0.1) is 0 Å². The minimum Gasteiger partial charge on any atom is -0.458 e. The molecule has 0 radical (unpaired) electrons. The average Bonchev–Trinajstić information content (AvgIpc) is 3.67. The topological polar surface area (TPSA) is 203 Å². The molecule has 312 valence electrons. The minimum atomic E-state index is -1.06. The van der Waals surface area contributed by atoms with Gasteiger partial charge in [-0.05, 0) is 101 Å². The van der Waals surface area contributed by atoms with Crippen LogP contribution in [-0.2, 0) is 38.0 Å². The van der Waals surface area contributed by atoms with Gasteiger partial charge in [-0.2, -0.15) is 0 Å². The van der Waals surface area contributed by atoms with E-state index in [2.05, 4.69) is 6.92 Å². The first kappa shape index (κ1) is 40.5.